The number of benzene rings is 2. The summed E-state index contributed by atoms with van der Waals surface area (Å²) < 4.78 is 16.5. The zero-order valence-corrected chi connectivity index (χ0v) is 17.9. The molecule has 8 heteroatoms. The van der Waals surface area contributed by atoms with E-state index >= 15 is 0 Å². The van der Waals surface area contributed by atoms with Crippen LogP contribution in [0.5, 0.6) is 11.5 Å². The number of aromatic nitrogens is 2. The van der Waals surface area contributed by atoms with Crippen LogP contribution < -0.4 is 14.8 Å². The van der Waals surface area contributed by atoms with Gasteiger partial charge < -0.3 is 19.2 Å². The molecule has 0 radical (unpaired) electrons. The van der Waals surface area contributed by atoms with E-state index in [-0.39, 0.29) is 11.8 Å². The molecule has 4 rings (SSSR count). The van der Waals surface area contributed by atoms with Crippen LogP contribution in [0.3, 0.4) is 0 Å². The Bertz CT molecular complexity index is 1210. The number of fused-ring (bicyclic) bond motifs is 1. The number of nitrogens with zero attached hydrogens (tertiary/aromatic N) is 2. The van der Waals surface area contributed by atoms with Gasteiger partial charge in [-0.05, 0) is 30.3 Å². The van der Waals surface area contributed by atoms with Gasteiger partial charge in [-0.25, -0.2) is 9.97 Å². The number of anilines is 1. The summed E-state index contributed by atoms with van der Waals surface area (Å²) in [4.78, 5) is 21.7. The number of thiazole rings is 1. The number of amides is 1. The van der Waals surface area contributed by atoms with Crippen LogP contribution in [0.2, 0.25) is 0 Å². The number of methoxy groups -OCH3 is 2. The standard InChI is InChI=1S/C22H21N3O4S/c1-12(2)21-24-15-10-13(8-9-17(15)29-21)23-20(26)16-11-30-22(25-16)14-6-5-7-18(27-3)19(14)28-4/h5-12H,1-4H3,(H,23,26). The van der Waals surface area contributed by atoms with Crippen molar-refractivity contribution in [3.05, 3.63) is 53.4 Å². The highest BCUT2D eigenvalue weighted by molar-refractivity contribution is 7.13. The lowest BCUT2D eigenvalue weighted by Crippen LogP contribution is -2.12. The largest absolute Gasteiger partial charge is 0.493 e. The Kier molecular flexibility index (Phi) is 5.41. The van der Waals surface area contributed by atoms with E-state index in [2.05, 4.69) is 15.3 Å². The Hall–Kier alpha value is -3.39. The fourth-order valence-corrected chi connectivity index (χ4v) is 3.84. The van der Waals surface area contributed by atoms with Gasteiger partial charge in [0.05, 0.1) is 19.8 Å². The van der Waals surface area contributed by atoms with Crippen molar-refractivity contribution in [2.45, 2.75) is 19.8 Å². The molecule has 0 fully saturated rings. The Morgan fingerprint density at radius 2 is 1.97 bits per heavy atom. The molecule has 0 spiro atoms. The van der Waals surface area contributed by atoms with E-state index in [1.54, 1.807) is 37.8 Å². The molecule has 7 nitrogen and oxygen atoms in total. The van der Waals surface area contributed by atoms with Crippen molar-refractivity contribution in [1.82, 2.24) is 9.97 Å². The third kappa shape index (κ3) is 3.73. The summed E-state index contributed by atoms with van der Waals surface area (Å²) in [6.45, 7) is 4.04. The van der Waals surface area contributed by atoms with Crippen molar-refractivity contribution >= 4 is 34.0 Å². The van der Waals surface area contributed by atoms with Crippen LogP contribution >= 0.6 is 11.3 Å². The van der Waals surface area contributed by atoms with Crippen LogP contribution in [0.15, 0.2) is 46.2 Å². The van der Waals surface area contributed by atoms with Crippen LogP contribution in [0, 0.1) is 0 Å². The Morgan fingerprint density at radius 1 is 1.13 bits per heavy atom. The molecule has 1 amide bonds. The Morgan fingerprint density at radius 3 is 2.70 bits per heavy atom. The van der Waals surface area contributed by atoms with Crippen molar-refractivity contribution in [1.29, 1.82) is 0 Å². The molecule has 0 unspecified atom stereocenters. The van der Waals surface area contributed by atoms with E-state index in [1.807, 2.05) is 32.0 Å². The number of hydrogen-bond donors (Lipinski definition) is 1. The lowest BCUT2D eigenvalue weighted by molar-refractivity contribution is 0.102. The maximum absolute atomic E-state index is 12.7. The van der Waals surface area contributed by atoms with E-state index in [4.69, 9.17) is 13.9 Å². The summed E-state index contributed by atoms with van der Waals surface area (Å²) in [7, 11) is 3.16. The van der Waals surface area contributed by atoms with Gasteiger partial charge in [0.25, 0.3) is 5.91 Å². The molecule has 4 aromatic rings. The van der Waals surface area contributed by atoms with E-state index in [0.29, 0.717) is 44.9 Å². The fourth-order valence-electron chi connectivity index (χ4n) is 3.02. The number of ether oxygens (including phenoxy) is 2. The summed E-state index contributed by atoms with van der Waals surface area (Å²) in [5.74, 6) is 1.75. The molecule has 2 heterocycles. The van der Waals surface area contributed by atoms with Gasteiger partial charge in [0, 0.05) is 17.0 Å². The minimum absolute atomic E-state index is 0.192. The molecule has 0 aliphatic heterocycles. The zero-order chi connectivity index (χ0) is 21.3. The average molecular weight is 423 g/mol. The summed E-state index contributed by atoms with van der Waals surface area (Å²) in [6, 6.07) is 10.9. The molecular weight excluding hydrogens is 402 g/mol. The summed E-state index contributed by atoms with van der Waals surface area (Å²) >= 11 is 1.36. The molecule has 2 aromatic carbocycles. The number of nitrogens with one attached hydrogen (secondary N) is 1. The number of rotatable bonds is 6. The summed E-state index contributed by atoms with van der Waals surface area (Å²) in [5, 5.41) is 5.26. The number of carbonyl (C=O) groups is 1. The van der Waals surface area contributed by atoms with E-state index in [0.717, 1.165) is 5.56 Å². The van der Waals surface area contributed by atoms with Crippen molar-refractivity contribution in [3.63, 3.8) is 0 Å². The van der Waals surface area contributed by atoms with E-state index in [9.17, 15) is 4.79 Å². The smallest absolute Gasteiger partial charge is 0.275 e. The molecule has 2 aromatic heterocycles. The van der Waals surface area contributed by atoms with Gasteiger partial charge in [0.15, 0.2) is 23.0 Å². The number of hydrogen-bond acceptors (Lipinski definition) is 7. The highest BCUT2D eigenvalue weighted by atomic mass is 32.1. The second kappa shape index (κ2) is 8.16. The van der Waals surface area contributed by atoms with Crippen LogP contribution in [0.1, 0.15) is 36.1 Å². The van der Waals surface area contributed by atoms with Gasteiger partial charge in [-0.15, -0.1) is 11.3 Å². The molecule has 0 atom stereocenters. The first-order chi connectivity index (χ1) is 14.5. The third-order valence-electron chi connectivity index (χ3n) is 4.53. The van der Waals surface area contributed by atoms with Crippen LogP contribution in [0.25, 0.3) is 21.7 Å². The van der Waals surface area contributed by atoms with Crippen molar-refractivity contribution < 1.29 is 18.7 Å². The molecule has 0 bridgehead atoms. The highest BCUT2D eigenvalue weighted by Crippen LogP contribution is 2.39. The van der Waals surface area contributed by atoms with Crippen LogP contribution in [-0.2, 0) is 0 Å². The lowest BCUT2D eigenvalue weighted by Gasteiger charge is -2.10. The van der Waals surface area contributed by atoms with Gasteiger partial charge in [-0.3, -0.25) is 4.79 Å². The first-order valence-corrected chi connectivity index (χ1v) is 10.3. The average Bonchev–Trinajstić information content (AvgIpc) is 3.40. The molecule has 0 saturated carbocycles. The molecule has 154 valence electrons. The first kappa shape index (κ1) is 19.9. The minimum Gasteiger partial charge on any atom is -0.493 e. The highest BCUT2D eigenvalue weighted by Gasteiger charge is 2.18. The Balaban J connectivity index is 1.57. The molecule has 0 aliphatic carbocycles. The number of oxazole rings is 1. The predicted octanol–water partition coefficient (Wildman–Crippen LogP) is 5.34. The maximum Gasteiger partial charge on any atom is 0.275 e. The lowest BCUT2D eigenvalue weighted by atomic mass is 10.2. The van der Waals surface area contributed by atoms with Gasteiger partial charge in [0.1, 0.15) is 16.2 Å². The van der Waals surface area contributed by atoms with Crippen molar-refractivity contribution in [2.24, 2.45) is 0 Å². The number of para-hydroxylation sites is 1. The second-order valence-electron chi connectivity index (χ2n) is 6.92. The first-order valence-electron chi connectivity index (χ1n) is 9.39. The minimum atomic E-state index is -0.300. The fraction of sp³-hybridized carbons (Fsp3) is 0.227. The molecular formula is C22H21N3O4S. The molecule has 0 aliphatic rings. The van der Waals surface area contributed by atoms with E-state index in [1.165, 1.54) is 11.3 Å². The quantitative estimate of drug-likeness (QED) is 0.450. The normalized spacial score (nSPS) is 11.1. The van der Waals surface area contributed by atoms with Crippen LogP contribution in [0.4, 0.5) is 5.69 Å². The van der Waals surface area contributed by atoms with Gasteiger partial charge in [-0.1, -0.05) is 19.9 Å². The third-order valence-corrected chi connectivity index (χ3v) is 5.40. The monoisotopic (exact) mass is 423 g/mol. The number of carbonyl (C=O) groups excluding carboxylic acids is 1. The van der Waals surface area contributed by atoms with E-state index < -0.39 is 0 Å². The van der Waals surface area contributed by atoms with Gasteiger partial charge >= 0.3 is 0 Å². The maximum atomic E-state index is 12.7. The molecule has 1 N–H and O–H groups in total. The topological polar surface area (TPSA) is 86.5 Å². The molecule has 30 heavy (non-hydrogen) atoms. The second-order valence-corrected chi connectivity index (χ2v) is 7.78. The summed E-state index contributed by atoms with van der Waals surface area (Å²) in [5.41, 5.74) is 3.12. The van der Waals surface area contributed by atoms with Gasteiger partial charge in [-0.2, -0.15) is 0 Å². The Labute approximate surface area is 177 Å². The summed E-state index contributed by atoms with van der Waals surface area (Å²) in [6.07, 6.45) is 0. The van der Waals surface area contributed by atoms with Crippen molar-refractivity contribution in [3.8, 4) is 22.1 Å². The molecule has 0 saturated heterocycles. The van der Waals surface area contributed by atoms with Crippen molar-refractivity contribution in [2.75, 3.05) is 19.5 Å². The predicted molar refractivity (Wildman–Crippen MR) is 117 cm³/mol. The van der Waals surface area contributed by atoms with Crippen LogP contribution in [-0.4, -0.2) is 30.1 Å². The van der Waals surface area contributed by atoms with Gasteiger partial charge in [0.2, 0.25) is 0 Å². The SMILES string of the molecule is COc1cccc(-c2nc(C(=O)Nc3ccc4oc(C(C)C)nc4c3)cs2)c1OC. The zero-order valence-electron chi connectivity index (χ0n) is 17.1.